The van der Waals surface area contributed by atoms with Crippen molar-refractivity contribution in [2.24, 2.45) is 5.92 Å². The zero-order chi connectivity index (χ0) is 24.5. The maximum absolute atomic E-state index is 13.2. The van der Waals surface area contributed by atoms with E-state index in [0.29, 0.717) is 39.1 Å². The summed E-state index contributed by atoms with van der Waals surface area (Å²) in [6.07, 6.45) is 4.43. The SMILES string of the molecule is Cc1ccc(N2CC(C(=O)N3CCN(C(=O)C4CC(c5cccnc5)NN4)CC3)CC2=O)cc1C. The average molecular weight is 477 g/mol. The highest BCUT2D eigenvalue weighted by Gasteiger charge is 2.39. The van der Waals surface area contributed by atoms with Crippen LogP contribution < -0.4 is 15.8 Å². The van der Waals surface area contributed by atoms with Crippen LogP contribution in [0.15, 0.2) is 42.7 Å². The normalized spacial score (nSPS) is 24.8. The number of nitrogens with zero attached hydrogens (tertiary/aromatic N) is 4. The zero-order valence-electron chi connectivity index (χ0n) is 20.2. The fraction of sp³-hybridized carbons (Fsp3) is 0.462. The molecule has 0 radical (unpaired) electrons. The number of piperazine rings is 1. The van der Waals surface area contributed by atoms with Gasteiger partial charge in [-0.15, -0.1) is 0 Å². The summed E-state index contributed by atoms with van der Waals surface area (Å²) in [6, 6.07) is 9.59. The van der Waals surface area contributed by atoms with Crippen LogP contribution in [-0.4, -0.2) is 71.3 Å². The molecule has 4 heterocycles. The van der Waals surface area contributed by atoms with Gasteiger partial charge in [0.2, 0.25) is 17.7 Å². The maximum Gasteiger partial charge on any atom is 0.241 e. The van der Waals surface area contributed by atoms with Crippen LogP contribution in [0, 0.1) is 19.8 Å². The second-order valence-electron chi connectivity index (χ2n) is 9.74. The van der Waals surface area contributed by atoms with Crippen molar-refractivity contribution < 1.29 is 14.4 Å². The van der Waals surface area contributed by atoms with E-state index in [2.05, 4.69) is 15.8 Å². The van der Waals surface area contributed by atoms with Gasteiger partial charge in [0.1, 0.15) is 6.04 Å². The first-order chi connectivity index (χ1) is 16.9. The molecule has 2 N–H and O–H groups in total. The van der Waals surface area contributed by atoms with E-state index in [1.165, 1.54) is 5.56 Å². The fourth-order valence-corrected chi connectivity index (χ4v) is 5.16. The number of rotatable bonds is 4. The van der Waals surface area contributed by atoms with Crippen LogP contribution in [0.2, 0.25) is 0 Å². The molecule has 35 heavy (non-hydrogen) atoms. The molecule has 3 saturated heterocycles. The number of carbonyl (C=O) groups excluding carboxylic acids is 3. The topological polar surface area (TPSA) is 97.9 Å². The molecule has 3 unspecified atom stereocenters. The summed E-state index contributed by atoms with van der Waals surface area (Å²) in [7, 11) is 0. The lowest BCUT2D eigenvalue weighted by Crippen LogP contribution is -2.55. The number of carbonyl (C=O) groups is 3. The minimum absolute atomic E-state index is 0.00841. The van der Waals surface area contributed by atoms with Crippen LogP contribution in [0.1, 0.15) is 35.6 Å². The van der Waals surface area contributed by atoms with Crippen molar-refractivity contribution in [3.8, 4) is 0 Å². The van der Waals surface area contributed by atoms with Crippen LogP contribution in [0.25, 0.3) is 0 Å². The Morgan fingerprint density at radius 1 is 0.971 bits per heavy atom. The van der Waals surface area contributed by atoms with Crippen LogP contribution >= 0.6 is 0 Å². The molecular weight excluding hydrogens is 444 g/mol. The third kappa shape index (κ3) is 4.78. The van der Waals surface area contributed by atoms with Crippen molar-refractivity contribution in [1.29, 1.82) is 0 Å². The Bertz CT molecular complexity index is 1120. The van der Waals surface area contributed by atoms with Crippen LogP contribution in [0.3, 0.4) is 0 Å². The number of nitrogens with one attached hydrogen (secondary N) is 2. The summed E-state index contributed by atoms with van der Waals surface area (Å²) in [5, 5.41) is 0. The summed E-state index contributed by atoms with van der Waals surface area (Å²) >= 11 is 0. The van der Waals surface area contributed by atoms with Gasteiger partial charge in [-0.1, -0.05) is 12.1 Å². The van der Waals surface area contributed by atoms with Gasteiger partial charge < -0.3 is 14.7 Å². The van der Waals surface area contributed by atoms with Crippen molar-refractivity contribution in [2.75, 3.05) is 37.6 Å². The summed E-state index contributed by atoms with van der Waals surface area (Å²) in [4.78, 5) is 48.4. The van der Waals surface area contributed by atoms with Crippen molar-refractivity contribution in [2.45, 2.75) is 38.8 Å². The number of pyridine rings is 1. The molecular formula is C26H32N6O3. The van der Waals surface area contributed by atoms with Crippen molar-refractivity contribution in [3.63, 3.8) is 0 Å². The Kier molecular flexibility index (Phi) is 6.53. The quantitative estimate of drug-likeness (QED) is 0.691. The summed E-state index contributed by atoms with van der Waals surface area (Å²) in [5.74, 6) is -0.294. The predicted molar refractivity (Wildman–Crippen MR) is 131 cm³/mol. The van der Waals surface area contributed by atoms with Gasteiger partial charge in [-0.25, -0.2) is 10.9 Å². The molecule has 0 spiro atoms. The van der Waals surface area contributed by atoms with Gasteiger partial charge in [0, 0.05) is 63.3 Å². The molecule has 3 atom stereocenters. The predicted octanol–water partition coefficient (Wildman–Crippen LogP) is 1.33. The van der Waals surface area contributed by atoms with Gasteiger partial charge >= 0.3 is 0 Å². The maximum atomic E-state index is 13.2. The lowest BCUT2D eigenvalue weighted by molar-refractivity contribution is -0.142. The number of hydrazine groups is 1. The second-order valence-corrected chi connectivity index (χ2v) is 9.74. The molecule has 9 heteroatoms. The highest BCUT2D eigenvalue weighted by molar-refractivity contribution is 6.00. The molecule has 0 bridgehead atoms. The van der Waals surface area contributed by atoms with E-state index >= 15 is 0 Å². The minimum Gasteiger partial charge on any atom is -0.339 e. The Balaban J connectivity index is 1.13. The summed E-state index contributed by atoms with van der Waals surface area (Å²) in [5.41, 5.74) is 10.5. The van der Waals surface area contributed by atoms with E-state index in [4.69, 9.17) is 0 Å². The molecule has 9 nitrogen and oxygen atoms in total. The largest absolute Gasteiger partial charge is 0.339 e. The zero-order valence-corrected chi connectivity index (χ0v) is 20.2. The van der Waals surface area contributed by atoms with Gasteiger partial charge in [-0.2, -0.15) is 0 Å². The number of aryl methyl sites for hydroxylation is 2. The first-order valence-corrected chi connectivity index (χ1v) is 12.3. The highest BCUT2D eigenvalue weighted by atomic mass is 16.2. The van der Waals surface area contributed by atoms with Gasteiger partial charge in [-0.3, -0.25) is 19.4 Å². The lowest BCUT2D eigenvalue weighted by atomic mass is 10.0. The molecule has 0 aliphatic carbocycles. The molecule has 5 rings (SSSR count). The molecule has 3 fully saturated rings. The first-order valence-electron chi connectivity index (χ1n) is 12.3. The van der Waals surface area contributed by atoms with Crippen molar-refractivity contribution in [1.82, 2.24) is 25.6 Å². The number of amides is 3. The fourth-order valence-electron chi connectivity index (χ4n) is 5.16. The van der Waals surface area contributed by atoms with E-state index in [9.17, 15) is 14.4 Å². The summed E-state index contributed by atoms with van der Waals surface area (Å²) < 4.78 is 0. The number of hydrogen-bond donors (Lipinski definition) is 2. The Morgan fingerprint density at radius 3 is 2.40 bits per heavy atom. The minimum atomic E-state index is -0.340. The Hall–Kier alpha value is -3.30. The van der Waals surface area contributed by atoms with Crippen LogP contribution in [0.5, 0.6) is 0 Å². The summed E-state index contributed by atoms with van der Waals surface area (Å²) in [6.45, 7) is 6.46. The second kappa shape index (κ2) is 9.75. The molecule has 3 aliphatic heterocycles. The molecule has 184 valence electrons. The smallest absolute Gasteiger partial charge is 0.241 e. The van der Waals surface area contributed by atoms with Crippen LogP contribution in [0.4, 0.5) is 5.69 Å². The standard InChI is InChI=1S/C26H32N6O3/c1-17-5-6-21(12-18(17)2)32-16-20(13-24(32)33)25(34)30-8-10-31(11-9-30)26(35)23-14-22(28-29-23)19-4-3-7-27-15-19/h3-7,12,15,20,22-23,28-29H,8-11,13-14,16H2,1-2H3. The number of benzene rings is 1. The number of hydrogen-bond acceptors (Lipinski definition) is 6. The molecule has 2 aromatic rings. The number of aromatic nitrogens is 1. The monoisotopic (exact) mass is 476 g/mol. The Morgan fingerprint density at radius 2 is 1.71 bits per heavy atom. The van der Waals surface area contributed by atoms with Crippen molar-refractivity contribution >= 4 is 23.4 Å². The average Bonchev–Trinajstić information content (AvgIpc) is 3.53. The molecule has 1 aromatic heterocycles. The molecule has 0 saturated carbocycles. The highest BCUT2D eigenvalue weighted by Crippen LogP contribution is 2.28. The van der Waals surface area contributed by atoms with Gasteiger partial charge in [0.25, 0.3) is 0 Å². The first kappa shape index (κ1) is 23.4. The van der Waals surface area contributed by atoms with Gasteiger partial charge in [-0.05, 0) is 55.2 Å². The van der Waals surface area contributed by atoms with E-state index < -0.39 is 0 Å². The third-order valence-corrected chi connectivity index (χ3v) is 7.47. The van der Waals surface area contributed by atoms with E-state index in [0.717, 1.165) is 16.8 Å². The van der Waals surface area contributed by atoms with Crippen molar-refractivity contribution in [3.05, 3.63) is 59.4 Å². The van der Waals surface area contributed by atoms with E-state index in [1.54, 1.807) is 11.1 Å². The van der Waals surface area contributed by atoms with E-state index in [1.807, 2.05) is 60.2 Å². The lowest BCUT2D eigenvalue weighted by Gasteiger charge is -2.36. The van der Waals surface area contributed by atoms with Gasteiger partial charge in [0.15, 0.2) is 0 Å². The molecule has 1 aromatic carbocycles. The molecule has 3 aliphatic rings. The number of anilines is 1. The van der Waals surface area contributed by atoms with Crippen LogP contribution in [-0.2, 0) is 14.4 Å². The Labute approximate surface area is 205 Å². The van der Waals surface area contributed by atoms with E-state index in [-0.39, 0.29) is 42.1 Å². The third-order valence-electron chi connectivity index (χ3n) is 7.47. The van der Waals surface area contributed by atoms with Gasteiger partial charge in [0.05, 0.1) is 5.92 Å². The molecule has 3 amide bonds.